The normalized spacial score (nSPS) is 10.6. The van der Waals surface area contributed by atoms with Crippen molar-refractivity contribution in [2.24, 2.45) is 0 Å². The molecule has 0 aliphatic heterocycles. The second-order valence-electron chi connectivity index (χ2n) is 5.05. The molecule has 0 spiro atoms. The van der Waals surface area contributed by atoms with Crippen molar-refractivity contribution in [2.45, 2.75) is 33.3 Å². The van der Waals surface area contributed by atoms with Crippen molar-refractivity contribution in [2.75, 3.05) is 11.9 Å². The van der Waals surface area contributed by atoms with Gasteiger partial charge in [0.1, 0.15) is 18.2 Å². The zero-order valence-corrected chi connectivity index (χ0v) is 12.4. The predicted octanol–water partition coefficient (Wildman–Crippen LogP) is 4.22. The first-order chi connectivity index (χ1) is 9.70. The van der Waals surface area contributed by atoms with Crippen LogP contribution in [0.2, 0.25) is 0 Å². The Balaban J connectivity index is 2.01. The predicted molar refractivity (Wildman–Crippen MR) is 83.3 cm³/mol. The Morgan fingerprint density at radius 3 is 2.55 bits per heavy atom. The molecule has 20 heavy (non-hydrogen) atoms. The molecule has 0 amide bonds. The number of ether oxygens (including phenoxy) is 1. The van der Waals surface area contributed by atoms with E-state index in [2.05, 4.69) is 43.2 Å². The molecule has 0 fully saturated rings. The lowest BCUT2D eigenvalue weighted by Gasteiger charge is -2.11. The van der Waals surface area contributed by atoms with Crippen LogP contribution in [-0.2, 0) is 6.61 Å². The Bertz CT molecular complexity index is 535. The van der Waals surface area contributed by atoms with Crippen molar-refractivity contribution in [3.63, 3.8) is 0 Å². The lowest BCUT2D eigenvalue weighted by molar-refractivity contribution is 0.306. The Morgan fingerprint density at radius 2 is 1.90 bits per heavy atom. The lowest BCUT2D eigenvalue weighted by atomic mass is 10.0. The molecule has 0 aliphatic carbocycles. The van der Waals surface area contributed by atoms with Crippen LogP contribution < -0.4 is 10.1 Å². The van der Waals surface area contributed by atoms with Gasteiger partial charge >= 0.3 is 0 Å². The molecule has 1 N–H and O–H groups in total. The van der Waals surface area contributed by atoms with Crippen molar-refractivity contribution in [3.05, 3.63) is 53.7 Å². The van der Waals surface area contributed by atoms with Crippen LogP contribution in [-0.4, -0.2) is 11.5 Å². The molecule has 0 saturated carbocycles. The molecule has 0 radical (unpaired) electrons. The van der Waals surface area contributed by atoms with Gasteiger partial charge in [-0.15, -0.1) is 0 Å². The average molecular weight is 270 g/mol. The third kappa shape index (κ3) is 3.73. The molecule has 0 unspecified atom stereocenters. The van der Waals surface area contributed by atoms with Gasteiger partial charge in [0, 0.05) is 18.3 Å². The number of rotatable bonds is 6. The number of hydrogen-bond donors (Lipinski definition) is 1. The van der Waals surface area contributed by atoms with E-state index in [1.165, 1.54) is 5.56 Å². The maximum absolute atomic E-state index is 5.83. The van der Waals surface area contributed by atoms with E-state index in [0.29, 0.717) is 12.5 Å². The fourth-order valence-corrected chi connectivity index (χ4v) is 1.99. The first kappa shape index (κ1) is 14.4. The van der Waals surface area contributed by atoms with Crippen molar-refractivity contribution in [1.29, 1.82) is 0 Å². The highest BCUT2D eigenvalue weighted by atomic mass is 16.5. The van der Waals surface area contributed by atoms with Crippen LogP contribution in [0, 0.1) is 0 Å². The Morgan fingerprint density at radius 1 is 1.15 bits per heavy atom. The number of anilines is 1. The summed E-state index contributed by atoms with van der Waals surface area (Å²) in [6.45, 7) is 7.82. The van der Waals surface area contributed by atoms with E-state index >= 15 is 0 Å². The zero-order valence-electron chi connectivity index (χ0n) is 12.4. The first-order valence-corrected chi connectivity index (χ1v) is 7.11. The molecule has 1 heterocycles. The minimum Gasteiger partial charge on any atom is -0.489 e. The minimum atomic E-state index is 0.525. The van der Waals surface area contributed by atoms with Crippen molar-refractivity contribution in [1.82, 2.24) is 4.98 Å². The van der Waals surface area contributed by atoms with Gasteiger partial charge in [-0.1, -0.05) is 32.0 Å². The Kier molecular flexibility index (Phi) is 4.99. The monoisotopic (exact) mass is 270 g/mol. The van der Waals surface area contributed by atoms with E-state index in [1.807, 2.05) is 24.3 Å². The molecule has 0 aliphatic rings. The van der Waals surface area contributed by atoms with Crippen LogP contribution in [0.5, 0.6) is 5.75 Å². The second kappa shape index (κ2) is 6.94. The molecule has 0 atom stereocenters. The molecular weight excluding hydrogens is 248 g/mol. The molecule has 3 heteroatoms. The van der Waals surface area contributed by atoms with Gasteiger partial charge in [0.15, 0.2) is 0 Å². The van der Waals surface area contributed by atoms with Crippen LogP contribution >= 0.6 is 0 Å². The quantitative estimate of drug-likeness (QED) is 0.853. The van der Waals surface area contributed by atoms with E-state index in [9.17, 15) is 0 Å². The van der Waals surface area contributed by atoms with Crippen LogP contribution in [0.15, 0.2) is 42.6 Å². The largest absolute Gasteiger partial charge is 0.489 e. The summed E-state index contributed by atoms with van der Waals surface area (Å²) in [5.74, 6) is 2.33. The van der Waals surface area contributed by atoms with Crippen LogP contribution in [0.25, 0.3) is 0 Å². The van der Waals surface area contributed by atoms with Gasteiger partial charge in [-0.3, -0.25) is 0 Å². The SMILES string of the molecule is CCNc1ncccc1COc1ccc(C(C)C)cc1. The van der Waals surface area contributed by atoms with Gasteiger partial charge in [0.25, 0.3) is 0 Å². The fraction of sp³-hybridized carbons (Fsp3) is 0.353. The maximum Gasteiger partial charge on any atom is 0.132 e. The van der Waals surface area contributed by atoms with Gasteiger partial charge in [-0.2, -0.15) is 0 Å². The molecule has 3 nitrogen and oxygen atoms in total. The van der Waals surface area contributed by atoms with Crippen molar-refractivity contribution >= 4 is 5.82 Å². The highest BCUT2D eigenvalue weighted by Crippen LogP contribution is 2.20. The second-order valence-corrected chi connectivity index (χ2v) is 5.05. The summed E-state index contributed by atoms with van der Waals surface area (Å²) in [7, 11) is 0. The molecule has 2 aromatic rings. The van der Waals surface area contributed by atoms with Gasteiger partial charge < -0.3 is 10.1 Å². The van der Waals surface area contributed by atoms with E-state index in [4.69, 9.17) is 4.74 Å². The van der Waals surface area contributed by atoms with E-state index in [-0.39, 0.29) is 0 Å². The maximum atomic E-state index is 5.83. The first-order valence-electron chi connectivity index (χ1n) is 7.11. The lowest BCUT2D eigenvalue weighted by Crippen LogP contribution is -2.05. The van der Waals surface area contributed by atoms with Gasteiger partial charge in [0.2, 0.25) is 0 Å². The molecule has 1 aromatic carbocycles. The van der Waals surface area contributed by atoms with Crippen LogP contribution in [0.3, 0.4) is 0 Å². The highest BCUT2D eigenvalue weighted by molar-refractivity contribution is 5.43. The number of benzene rings is 1. The number of aromatic nitrogens is 1. The number of nitrogens with one attached hydrogen (secondary N) is 1. The van der Waals surface area contributed by atoms with Crippen LogP contribution in [0.4, 0.5) is 5.82 Å². The van der Waals surface area contributed by atoms with Crippen molar-refractivity contribution < 1.29 is 4.74 Å². The van der Waals surface area contributed by atoms with Gasteiger partial charge in [-0.25, -0.2) is 4.98 Å². The standard InChI is InChI=1S/C17H22N2O/c1-4-18-17-15(6-5-11-19-17)12-20-16-9-7-14(8-10-16)13(2)3/h5-11,13H,4,12H2,1-3H3,(H,18,19). The zero-order chi connectivity index (χ0) is 14.4. The third-order valence-electron chi connectivity index (χ3n) is 3.18. The number of hydrogen-bond acceptors (Lipinski definition) is 3. The van der Waals surface area contributed by atoms with E-state index in [0.717, 1.165) is 23.7 Å². The topological polar surface area (TPSA) is 34.2 Å². The summed E-state index contributed by atoms with van der Waals surface area (Å²) in [6.07, 6.45) is 1.79. The van der Waals surface area contributed by atoms with E-state index in [1.54, 1.807) is 6.20 Å². The number of pyridine rings is 1. The summed E-state index contributed by atoms with van der Waals surface area (Å²) in [5, 5.41) is 3.25. The third-order valence-corrected chi connectivity index (χ3v) is 3.18. The fourth-order valence-electron chi connectivity index (χ4n) is 1.99. The van der Waals surface area contributed by atoms with Crippen LogP contribution in [0.1, 0.15) is 37.8 Å². The van der Waals surface area contributed by atoms with Crippen molar-refractivity contribution in [3.8, 4) is 5.75 Å². The average Bonchev–Trinajstić information content (AvgIpc) is 2.47. The van der Waals surface area contributed by atoms with E-state index < -0.39 is 0 Å². The summed E-state index contributed by atoms with van der Waals surface area (Å²) in [6, 6.07) is 12.3. The van der Waals surface area contributed by atoms with Gasteiger partial charge in [-0.05, 0) is 36.6 Å². The molecule has 2 rings (SSSR count). The smallest absolute Gasteiger partial charge is 0.132 e. The summed E-state index contributed by atoms with van der Waals surface area (Å²) in [4.78, 5) is 4.33. The minimum absolute atomic E-state index is 0.525. The molecule has 1 aromatic heterocycles. The summed E-state index contributed by atoms with van der Waals surface area (Å²) in [5.41, 5.74) is 2.40. The molecule has 106 valence electrons. The molecular formula is C17H22N2O. The highest BCUT2D eigenvalue weighted by Gasteiger charge is 2.04. The Hall–Kier alpha value is -2.03. The summed E-state index contributed by atoms with van der Waals surface area (Å²) >= 11 is 0. The van der Waals surface area contributed by atoms with Gasteiger partial charge in [0.05, 0.1) is 0 Å². The number of nitrogens with zero attached hydrogens (tertiary/aromatic N) is 1. The molecule has 0 saturated heterocycles. The molecule has 0 bridgehead atoms. The summed E-state index contributed by atoms with van der Waals surface area (Å²) < 4.78 is 5.83. The Labute approximate surface area is 121 Å².